The molecule has 0 amide bonds. The van der Waals surface area contributed by atoms with Crippen molar-refractivity contribution >= 4 is 62.8 Å². The highest BCUT2D eigenvalue weighted by Gasteiger charge is 2.22. The number of methoxy groups -OCH3 is 2. The molecule has 0 saturated carbocycles. The first-order valence-corrected chi connectivity index (χ1v) is 7.77. The smallest absolute Gasteiger partial charge is 0.336 e. The van der Waals surface area contributed by atoms with Crippen molar-refractivity contribution in [2.45, 2.75) is 6.29 Å². The molecule has 0 fully saturated rings. The third kappa shape index (κ3) is 4.40. The van der Waals surface area contributed by atoms with E-state index in [0.29, 0.717) is 12.8 Å². The van der Waals surface area contributed by atoms with Crippen LogP contribution >= 0.6 is 45.2 Å². The van der Waals surface area contributed by atoms with Crippen LogP contribution in [0.4, 0.5) is 5.69 Å². The summed E-state index contributed by atoms with van der Waals surface area (Å²) < 4.78 is 10.9. The van der Waals surface area contributed by atoms with Gasteiger partial charge in [-0.3, -0.25) is 0 Å². The van der Waals surface area contributed by atoms with Crippen LogP contribution in [0.2, 0.25) is 0 Å². The van der Waals surface area contributed by atoms with Crippen molar-refractivity contribution in [3.8, 4) is 0 Å². The summed E-state index contributed by atoms with van der Waals surface area (Å²) in [5, 5.41) is 21.3. The number of ether oxygens (including phenoxy) is 2. The number of halogens is 2. The summed E-state index contributed by atoms with van der Waals surface area (Å²) >= 11 is 3.74. The second-order valence-electron chi connectivity index (χ2n) is 3.87. The van der Waals surface area contributed by atoms with Crippen molar-refractivity contribution in [2.75, 3.05) is 26.1 Å². The summed E-state index contributed by atoms with van der Waals surface area (Å²) in [7, 11) is 2.95. The largest absolute Gasteiger partial charge is 0.478 e. The molecule has 0 heterocycles. The fourth-order valence-corrected chi connectivity index (χ4v) is 3.76. The van der Waals surface area contributed by atoms with Crippen LogP contribution in [0.1, 0.15) is 20.7 Å². The molecule has 0 atom stereocenters. The van der Waals surface area contributed by atoms with Crippen molar-refractivity contribution in [1.29, 1.82) is 0 Å². The summed E-state index contributed by atoms with van der Waals surface area (Å²) in [6.45, 7) is 0.251. The SMILES string of the molecule is COC(CNc1c(I)c(C(=O)O)cc(C(=O)O)c1I)OC. The van der Waals surface area contributed by atoms with Crippen LogP contribution in [0.25, 0.3) is 0 Å². The van der Waals surface area contributed by atoms with Gasteiger partial charge < -0.3 is 25.0 Å². The fraction of sp³-hybridized carbons (Fsp3) is 0.333. The molecule has 0 spiro atoms. The first-order chi connectivity index (χ1) is 9.83. The van der Waals surface area contributed by atoms with E-state index >= 15 is 0 Å². The standard InChI is InChI=1S/C12H13I2NO6/c1-20-7(21-2)4-15-10-8(13)5(11(16)17)3-6(9(10)14)12(18)19/h3,7,15H,4H2,1-2H3,(H,16,17)(H,18,19). The van der Waals surface area contributed by atoms with E-state index in [4.69, 9.17) is 9.47 Å². The predicted molar refractivity (Wildman–Crippen MR) is 92.1 cm³/mol. The number of aromatic carboxylic acids is 2. The van der Waals surface area contributed by atoms with Crippen LogP contribution in [0.5, 0.6) is 0 Å². The highest BCUT2D eigenvalue weighted by molar-refractivity contribution is 14.1. The van der Waals surface area contributed by atoms with E-state index in [1.165, 1.54) is 14.2 Å². The second-order valence-corrected chi connectivity index (χ2v) is 6.02. The molecular formula is C12H13I2NO6. The van der Waals surface area contributed by atoms with E-state index < -0.39 is 18.2 Å². The minimum atomic E-state index is -1.18. The average molecular weight is 521 g/mol. The maximum absolute atomic E-state index is 11.2. The van der Waals surface area contributed by atoms with E-state index in [0.717, 1.165) is 6.07 Å². The Balaban J connectivity index is 3.28. The molecular weight excluding hydrogens is 508 g/mol. The zero-order valence-electron chi connectivity index (χ0n) is 11.1. The molecule has 116 valence electrons. The van der Waals surface area contributed by atoms with Gasteiger partial charge in [0.15, 0.2) is 6.29 Å². The highest BCUT2D eigenvalue weighted by atomic mass is 127. The van der Waals surface area contributed by atoms with Gasteiger partial charge in [-0.05, 0) is 51.2 Å². The molecule has 9 heteroatoms. The molecule has 0 saturated heterocycles. The Labute approximate surface area is 148 Å². The Morgan fingerprint density at radius 2 is 1.57 bits per heavy atom. The molecule has 1 aromatic carbocycles. The molecule has 0 unspecified atom stereocenters. The van der Waals surface area contributed by atoms with Gasteiger partial charge in [0.05, 0.1) is 30.5 Å². The second kappa shape index (κ2) is 8.10. The third-order valence-corrected chi connectivity index (χ3v) is 4.87. The van der Waals surface area contributed by atoms with Crippen LogP contribution in [-0.2, 0) is 9.47 Å². The quantitative estimate of drug-likeness (QED) is 0.374. The van der Waals surface area contributed by atoms with Crippen LogP contribution in [-0.4, -0.2) is 49.2 Å². The lowest BCUT2D eigenvalue weighted by Gasteiger charge is -2.18. The average Bonchev–Trinajstić information content (AvgIpc) is 2.42. The van der Waals surface area contributed by atoms with Crippen LogP contribution in [0, 0.1) is 7.14 Å². The minimum Gasteiger partial charge on any atom is -0.478 e. The Morgan fingerprint density at radius 3 is 1.90 bits per heavy atom. The molecule has 0 radical (unpaired) electrons. The van der Waals surface area contributed by atoms with Crippen molar-refractivity contribution in [1.82, 2.24) is 0 Å². The molecule has 0 aromatic heterocycles. The number of carbonyl (C=O) groups is 2. The lowest BCUT2D eigenvalue weighted by Crippen LogP contribution is -2.25. The van der Waals surface area contributed by atoms with Gasteiger partial charge in [-0.1, -0.05) is 0 Å². The topological polar surface area (TPSA) is 105 Å². The predicted octanol–water partition coefficient (Wildman–Crippen LogP) is 2.32. The van der Waals surface area contributed by atoms with E-state index in [1.807, 2.05) is 45.2 Å². The third-order valence-electron chi connectivity index (χ3n) is 2.63. The first kappa shape index (κ1) is 18.4. The summed E-state index contributed by atoms with van der Waals surface area (Å²) in [5.41, 5.74) is 0.303. The number of carboxylic acid groups (broad SMARTS) is 2. The van der Waals surface area contributed by atoms with E-state index in [2.05, 4.69) is 5.32 Å². The molecule has 0 aliphatic heterocycles. The molecule has 1 aromatic rings. The number of carboxylic acids is 2. The van der Waals surface area contributed by atoms with E-state index in [-0.39, 0.29) is 17.7 Å². The maximum atomic E-state index is 11.2. The molecule has 7 nitrogen and oxygen atoms in total. The van der Waals surface area contributed by atoms with Gasteiger partial charge in [0.2, 0.25) is 0 Å². The van der Waals surface area contributed by atoms with Crippen molar-refractivity contribution < 1.29 is 29.3 Å². The lowest BCUT2D eigenvalue weighted by molar-refractivity contribution is -0.0914. The number of rotatable bonds is 7. The maximum Gasteiger partial charge on any atom is 0.336 e. The van der Waals surface area contributed by atoms with Crippen molar-refractivity contribution in [3.05, 3.63) is 24.3 Å². The zero-order valence-corrected chi connectivity index (χ0v) is 15.5. The van der Waals surface area contributed by atoms with Crippen molar-refractivity contribution in [2.24, 2.45) is 0 Å². The zero-order chi connectivity index (χ0) is 16.2. The van der Waals surface area contributed by atoms with Gasteiger partial charge in [0.25, 0.3) is 0 Å². The molecule has 0 bridgehead atoms. The summed E-state index contributed by atoms with van der Waals surface area (Å²) in [6, 6.07) is 1.16. The molecule has 3 N–H and O–H groups in total. The molecule has 21 heavy (non-hydrogen) atoms. The van der Waals surface area contributed by atoms with Gasteiger partial charge in [-0.15, -0.1) is 0 Å². The Morgan fingerprint density at radius 1 is 1.14 bits per heavy atom. The van der Waals surface area contributed by atoms with Crippen molar-refractivity contribution in [3.63, 3.8) is 0 Å². The first-order valence-electron chi connectivity index (χ1n) is 5.61. The normalized spacial score (nSPS) is 10.7. The Kier molecular flexibility index (Phi) is 7.09. The molecule has 1 rings (SSSR count). The fourth-order valence-electron chi connectivity index (χ4n) is 1.55. The van der Waals surface area contributed by atoms with Gasteiger partial charge in [0.1, 0.15) is 0 Å². The van der Waals surface area contributed by atoms with Crippen LogP contribution in [0.15, 0.2) is 6.07 Å². The van der Waals surface area contributed by atoms with Gasteiger partial charge in [-0.2, -0.15) is 0 Å². The van der Waals surface area contributed by atoms with Gasteiger partial charge in [0, 0.05) is 14.2 Å². The Bertz CT molecular complexity index is 521. The van der Waals surface area contributed by atoms with Gasteiger partial charge in [-0.25, -0.2) is 9.59 Å². The summed E-state index contributed by atoms with van der Waals surface area (Å²) in [4.78, 5) is 22.5. The summed E-state index contributed by atoms with van der Waals surface area (Å²) in [5.74, 6) is -2.37. The minimum absolute atomic E-state index is 0.0673. The highest BCUT2D eigenvalue weighted by Crippen LogP contribution is 2.31. The number of hydrogen-bond acceptors (Lipinski definition) is 5. The lowest BCUT2D eigenvalue weighted by atomic mass is 10.1. The van der Waals surface area contributed by atoms with Gasteiger partial charge >= 0.3 is 11.9 Å². The van der Waals surface area contributed by atoms with Crippen LogP contribution < -0.4 is 5.32 Å². The van der Waals surface area contributed by atoms with E-state index in [9.17, 15) is 19.8 Å². The monoisotopic (exact) mass is 521 g/mol. The number of anilines is 1. The Hall–Kier alpha value is -0.660. The van der Waals surface area contributed by atoms with E-state index in [1.54, 1.807) is 0 Å². The van der Waals surface area contributed by atoms with Crippen LogP contribution in [0.3, 0.4) is 0 Å². The molecule has 0 aliphatic rings. The number of benzene rings is 1. The molecule has 0 aliphatic carbocycles. The number of nitrogens with one attached hydrogen (secondary N) is 1. The number of hydrogen-bond donors (Lipinski definition) is 3. The summed E-state index contributed by atoms with van der Waals surface area (Å²) in [6.07, 6.45) is -0.529.